The Hall–Kier alpha value is -0.426. The Balaban J connectivity index is 0.000000564. The Morgan fingerprint density at radius 3 is 1.97 bits per heavy atom. The lowest BCUT2D eigenvalue weighted by Gasteiger charge is -2.28. The third kappa shape index (κ3) is 16.3. The van der Waals surface area contributed by atoms with E-state index in [9.17, 15) is 4.79 Å². The number of hydrogen-bond donors (Lipinski definition) is 0. The Bertz CT molecular complexity index is 441. The number of ether oxygens (including phenoxy) is 2. The topological polar surface area (TPSA) is 88.1 Å². The van der Waals surface area contributed by atoms with Gasteiger partial charge in [-0.1, -0.05) is 0 Å². The van der Waals surface area contributed by atoms with Gasteiger partial charge < -0.3 is 27.2 Å². The van der Waals surface area contributed by atoms with Gasteiger partial charge in [0.2, 0.25) is 6.08 Å². The summed E-state index contributed by atoms with van der Waals surface area (Å²) in [7, 11) is -3.91. The predicted octanol–water partition coefficient (Wildman–Crippen LogP) is 3.79. The van der Waals surface area contributed by atoms with Gasteiger partial charge in [0, 0.05) is 39.1 Å². The smallest absolute Gasteiger partial charge is 0.418 e. The minimum atomic E-state index is -2.54. The third-order valence-electron chi connectivity index (χ3n) is 4.22. The molecule has 0 aromatic rings. The molecule has 1 saturated heterocycles. The number of nitrogens with zero attached hydrogens (tertiary/aromatic N) is 1. The van der Waals surface area contributed by atoms with E-state index in [1.165, 1.54) is 12.1 Å². The zero-order chi connectivity index (χ0) is 22.7. The van der Waals surface area contributed by atoms with Crippen molar-refractivity contribution in [2.24, 2.45) is 4.99 Å². The summed E-state index contributed by atoms with van der Waals surface area (Å²) in [6.45, 7) is 17.9. The van der Waals surface area contributed by atoms with E-state index in [1.54, 1.807) is 0 Å². The van der Waals surface area contributed by atoms with Crippen LogP contribution in [-0.4, -0.2) is 82.1 Å². The van der Waals surface area contributed by atoms with Crippen molar-refractivity contribution in [1.29, 1.82) is 0 Å². The highest BCUT2D eigenvalue weighted by atomic mass is 28.4. The maximum Gasteiger partial charge on any atom is 0.500 e. The van der Waals surface area contributed by atoms with E-state index >= 15 is 0 Å². The molecule has 0 aromatic heterocycles. The van der Waals surface area contributed by atoms with Gasteiger partial charge in [-0.3, -0.25) is 0 Å². The first-order valence-corrected chi connectivity index (χ1v) is 16.2. The van der Waals surface area contributed by atoms with Gasteiger partial charge in [0.1, 0.15) is 6.10 Å². The molecule has 10 heteroatoms. The summed E-state index contributed by atoms with van der Waals surface area (Å²) >= 11 is 0. The lowest BCUT2D eigenvalue weighted by atomic mass is 10.5. The molecule has 178 valence electrons. The molecule has 0 N–H and O–H groups in total. The summed E-state index contributed by atoms with van der Waals surface area (Å²) in [5.41, 5.74) is 0. The van der Waals surface area contributed by atoms with Gasteiger partial charge in [0.15, 0.2) is 8.32 Å². The van der Waals surface area contributed by atoms with E-state index in [4.69, 9.17) is 27.2 Å². The summed E-state index contributed by atoms with van der Waals surface area (Å²) in [4.78, 5) is 13.4. The van der Waals surface area contributed by atoms with Crippen molar-refractivity contribution in [3.63, 3.8) is 0 Å². The summed E-state index contributed by atoms with van der Waals surface area (Å²) in [5.74, 6) is 0. The van der Waals surface area contributed by atoms with E-state index in [2.05, 4.69) is 25.0 Å². The number of epoxide rings is 1. The van der Waals surface area contributed by atoms with Crippen LogP contribution >= 0.6 is 0 Å². The molecule has 1 heterocycles. The molecule has 30 heavy (non-hydrogen) atoms. The fourth-order valence-corrected chi connectivity index (χ4v) is 7.38. The number of carbonyl (C=O) groups excluding carboxylic acids is 1. The average Bonchev–Trinajstić information content (AvgIpc) is 3.50. The van der Waals surface area contributed by atoms with Gasteiger partial charge in [-0.25, -0.2) is 9.79 Å². The van der Waals surface area contributed by atoms with Crippen LogP contribution < -0.4 is 0 Å². The number of isocyanates is 1. The average molecular weight is 466 g/mol. The zero-order valence-electron chi connectivity index (χ0n) is 19.9. The second-order valence-electron chi connectivity index (χ2n) is 7.39. The normalized spacial score (nSPS) is 15.9. The molecule has 0 bridgehead atoms. The van der Waals surface area contributed by atoms with E-state index in [1.807, 2.05) is 20.8 Å². The highest BCUT2D eigenvalue weighted by molar-refractivity contribution is 6.71. The van der Waals surface area contributed by atoms with Crippen molar-refractivity contribution in [3.05, 3.63) is 0 Å². The molecule has 1 fully saturated rings. The monoisotopic (exact) mass is 465 g/mol. The van der Waals surface area contributed by atoms with Crippen LogP contribution in [0.5, 0.6) is 0 Å². The van der Waals surface area contributed by atoms with Gasteiger partial charge in [-0.2, -0.15) is 0 Å². The molecule has 1 aliphatic heterocycles. The molecule has 1 rings (SSSR count). The lowest BCUT2D eigenvalue weighted by molar-refractivity contribution is 0.0710. The molecule has 0 saturated carbocycles. The Kier molecular flexibility index (Phi) is 17.9. The predicted molar refractivity (Wildman–Crippen MR) is 122 cm³/mol. The highest BCUT2D eigenvalue weighted by Crippen LogP contribution is 2.18. The molecule has 0 radical (unpaired) electrons. The largest absolute Gasteiger partial charge is 0.500 e. The van der Waals surface area contributed by atoms with E-state index in [0.29, 0.717) is 38.5 Å². The summed E-state index contributed by atoms with van der Waals surface area (Å²) < 4.78 is 33.2. The van der Waals surface area contributed by atoms with E-state index in [-0.39, 0.29) is 0 Å². The number of aliphatic imine (C=N–C) groups is 1. The molecule has 1 atom stereocenters. The van der Waals surface area contributed by atoms with Gasteiger partial charge in [-0.15, -0.1) is 0 Å². The molecule has 8 nitrogen and oxygen atoms in total. The first kappa shape index (κ1) is 29.6. The fourth-order valence-electron chi connectivity index (χ4n) is 2.86. The molecule has 0 aromatic carbocycles. The van der Waals surface area contributed by atoms with Crippen molar-refractivity contribution < 1.29 is 32.0 Å². The standard InChI is InChI=1S/C10H21NO4Si.C10H22O3Si/c1-4-13-16(14-5-2,15-6-3)9-7-8-11-10-12;1-4-13-14(2,3)7-5-6-11-8-10-9-12-10/h4-9H2,1-3H3;10H,4-9H2,1-3H3. The first-order chi connectivity index (χ1) is 14.4. The molecule has 0 aliphatic carbocycles. The first-order valence-electron chi connectivity index (χ1n) is 11.2. The lowest BCUT2D eigenvalue weighted by Crippen LogP contribution is -2.46. The molecule has 1 aliphatic rings. The maximum atomic E-state index is 9.93. The molecular formula is C20H43NO7Si2. The summed E-state index contributed by atoms with van der Waals surface area (Å²) in [6.07, 6.45) is 3.75. The van der Waals surface area contributed by atoms with Crippen LogP contribution in [0.25, 0.3) is 0 Å². The fraction of sp³-hybridized carbons (Fsp3) is 0.950. The summed E-state index contributed by atoms with van der Waals surface area (Å²) in [5, 5.41) is 0. The van der Waals surface area contributed by atoms with E-state index < -0.39 is 17.1 Å². The van der Waals surface area contributed by atoms with Gasteiger partial charge >= 0.3 is 8.80 Å². The quantitative estimate of drug-likeness (QED) is 0.1000. The van der Waals surface area contributed by atoms with Gasteiger partial charge in [0.05, 0.1) is 19.8 Å². The van der Waals surface area contributed by atoms with Crippen molar-refractivity contribution in [2.45, 2.75) is 71.8 Å². The van der Waals surface area contributed by atoms with Gasteiger partial charge in [-0.05, 0) is 59.7 Å². The van der Waals surface area contributed by atoms with Crippen molar-refractivity contribution in [2.75, 3.05) is 52.8 Å². The minimum Gasteiger partial charge on any atom is -0.418 e. The Labute approximate surface area is 185 Å². The van der Waals surface area contributed by atoms with Crippen molar-refractivity contribution >= 4 is 23.2 Å². The Morgan fingerprint density at radius 1 is 0.933 bits per heavy atom. The van der Waals surface area contributed by atoms with Crippen LogP contribution in [0, 0.1) is 0 Å². The second kappa shape index (κ2) is 18.2. The molecule has 1 unspecified atom stereocenters. The van der Waals surface area contributed by atoms with Crippen LogP contribution in [0.2, 0.25) is 25.2 Å². The highest BCUT2D eigenvalue weighted by Gasteiger charge is 2.39. The van der Waals surface area contributed by atoms with Crippen LogP contribution in [-0.2, 0) is 32.0 Å². The van der Waals surface area contributed by atoms with Crippen LogP contribution in [0.3, 0.4) is 0 Å². The molecule has 0 spiro atoms. The SMILES string of the molecule is CCO[Si](C)(C)CCCOCC1CO1.CCO[Si](CCCN=C=O)(OCC)OCC. The Morgan fingerprint density at radius 2 is 1.50 bits per heavy atom. The van der Waals surface area contributed by atoms with E-state index in [0.717, 1.165) is 39.3 Å². The minimum absolute atomic E-state index is 0.396. The van der Waals surface area contributed by atoms with Crippen LogP contribution in [0.4, 0.5) is 0 Å². The number of hydrogen-bond acceptors (Lipinski definition) is 8. The second-order valence-corrected chi connectivity index (χ2v) is 14.4. The van der Waals surface area contributed by atoms with Crippen molar-refractivity contribution in [1.82, 2.24) is 0 Å². The zero-order valence-corrected chi connectivity index (χ0v) is 21.9. The maximum absolute atomic E-state index is 9.93. The van der Waals surface area contributed by atoms with Crippen LogP contribution in [0.15, 0.2) is 4.99 Å². The third-order valence-corrected chi connectivity index (χ3v) is 10.00. The van der Waals surface area contributed by atoms with Crippen molar-refractivity contribution in [3.8, 4) is 0 Å². The van der Waals surface area contributed by atoms with Gasteiger partial charge in [0.25, 0.3) is 0 Å². The summed E-state index contributed by atoms with van der Waals surface area (Å²) in [6, 6.07) is 1.88. The molecule has 0 amide bonds. The number of rotatable bonds is 18. The van der Waals surface area contributed by atoms with Crippen LogP contribution in [0.1, 0.15) is 40.5 Å². The molecular weight excluding hydrogens is 422 g/mol.